The van der Waals surface area contributed by atoms with E-state index in [9.17, 15) is 4.79 Å². The summed E-state index contributed by atoms with van der Waals surface area (Å²) >= 11 is 0. The maximum Gasteiger partial charge on any atom is 0.320 e. The summed E-state index contributed by atoms with van der Waals surface area (Å²) in [6.07, 6.45) is 10.8. The number of hydrogen-bond donors (Lipinski definition) is 0. The minimum atomic E-state index is -0.723. The fourth-order valence-corrected chi connectivity index (χ4v) is 3.94. The average Bonchev–Trinajstić information content (AvgIpc) is 2.73. The van der Waals surface area contributed by atoms with Crippen molar-refractivity contribution < 1.29 is 9.53 Å². The zero-order chi connectivity index (χ0) is 19.4. The first-order valence-corrected chi connectivity index (χ1v) is 10.4. The van der Waals surface area contributed by atoms with Gasteiger partial charge in [0.2, 0.25) is 0 Å². The second-order valence-electron chi connectivity index (χ2n) is 7.35. The summed E-state index contributed by atoms with van der Waals surface area (Å²) in [6, 6.07) is 20.2. The van der Waals surface area contributed by atoms with Crippen LogP contribution in [0.15, 0.2) is 60.7 Å². The first-order chi connectivity index (χ1) is 13.3. The van der Waals surface area contributed by atoms with Gasteiger partial charge < -0.3 is 4.74 Å². The SMILES string of the molecule is CCCCCCCCCCC(C(=O)OC)(c1ccccc1)c1ccccc1. The van der Waals surface area contributed by atoms with E-state index in [4.69, 9.17) is 4.74 Å². The number of methoxy groups -OCH3 is 1. The molecule has 0 radical (unpaired) electrons. The van der Waals surface area contributed by atoms with Crippen LogP contribution in [-0.2, 0) is 14.9 Å². The molecule has 0 N–H and O–H groups in total. The molecule has 2 aromatic carbocycles. The summed E-state index contributed by atoms with van der Waals surface area (Å²) in [5.41, 5.74) is 1.32. The summed E-state index contributed by atoms with van der Waals surface area (Å²) in [7, 11) is 1.50. The molecule has 2 rings (SSSR count). The largest absolute Gasteiger partial charge is 0.468 e. The van der Waals surface area contributed by atoms with Crippen LogP contribution in [0.25, 0.3) is 0 Å². The van der Waals surface area contributed by atoms with Crippen molar-refractivity contribution in [2.24, 2.45) is 0 Å². The molecular formula is C25H34O2. The molecular weight excluding hydrogens is 332 g/mol. The van der Waals surface area contributed by atoms with Crippen molar-refractivity contribution in [2.45, 2.75) is 70.1 Å². The minimum absolute atomic E-state index is 0.164. The number of hydrogen-bond acceptors (Lipinski definition) is 2. The normalized spacial score (nSPS) is 11.3. The Morgan fingerprint density at radius 3 is 1.63 bits per heavy atom. The maximum atomic E-state index is 13.1. The fraction of sp³-hybridized carbons (Fsp3) is 0.480. The van der Waals surface area contributed by atoms with Crippen molar-refractivity contribution in [1.82, 2.24) is 0 Å². The number of rotatable bonds is 12. The van der Waals surface area contributed by atoms with Crippen molar-refractivity contribution >= 4 is 5.97 Å². The van der Waals surface area contributed by atoms with Crippen LogP contribution in [0.3, 0.4) is 0 Å². The van der Waals surface area contributed by atoms with Gasteiger partial charge in [0.05, 0.1) is 7.11 Å². The lowest BCUT2D eigenvalue weighted by Gasteiger charge is -2.32. The van der Waals surface area contributed by atoms with E-state index in [1.807, 2.05) is 36.4 Å². The first kappa shape index (κ1) is 21.2. The molecule has 0 aliphatic rings. The Labute approximate surface area is 165 Å². The van der Waals surface area contributed by atoms with Crippen LogP contribution in [0.5, 0.6) is 0 Å². The molecule has 0 bridgehead atoms. The lowest BCUT2D eigenvalue weighted by atomic mass is 9.71. The molecule has 2 aromatic rings. The third kappa shape index (κ3) is 5.69. The van der Waals surface area contributed by atoms with Crippen LogP contribution in [0.1, 0.15) is 75.8 Å². The van der Waals surface area contributed by atoms with Crippen LogP contribution in [0.2, 0.25) is 0 Å². The Kier molecular flexibility index (Phi) is 9.10. The van der Waals surface area contributed by atoms with Crippen LogP contribution in [0.4, 0.5) is 0 Å². The molecule has 27 heavy (non-hydrogen) atoms. The highest BCUT2D eigenvalue weighted by Gasteiger charge is 2.42. The van der Waals surface area contributed by atoms with Gasteiger partial charge in [0.1, 0.15) is 5.41 Å². The molecule has 0 aromatic heterocycles. The van der Waals surface area contributed by atoms with E-state index in [1.54, 1.807) is 0 Å². The molecule has 2 nitrogen and oxygen atoms in total. The molecule has 0 aliphatic carbocycles. The summed E-state index contributed by atoms with van der Waals surface area (Å²) in [5.74, 6) is -0.164. The Morgan fingerprint density at radius 2 is 1.19 bits per heavy atom. The Morgan fingerprint density at radius 1 is 0.741 bits per heavy atom. The van der Waals surface area contributed by atoms with Crippen LogP contribution in [0, 0.1) is 0 Å². The van der Waals surface area contributed by atoms with Crippen molar-refractivity contribution in [2.75, 3.05) is 7.11 Å². The number of carbonyl (C=O) groups excluding carboxylic acids is 1. The van der Waals surface area contributed by atoms with Gasteiger partial charge in [-0.3, -0.25) is 4.79 Å². The van der Waals surface area contributed by atoms with E-state index >= 15 is 0 Å². The number of esters is 1. The molecule has 2 heteroatoms. The van der Waals surface area contributed by atoms with Crippen LogP contribution < -0.4 is 0 Å². The summed E-state index contributed by atoms with van der Waals surface area (Å²) in [6.45, 7) is 2.25. The van der Waals surface area contributed by atoms with Gasteiger partial charge in [0.25, 0.3) is 0 Å². The number of benzene rings is 2. The van der Waals surface area contributed by atoms with Gasteiger partial charge in [0.15, 0.2) is 0 Å². The molecule has 0 unspecified atom stereocenters. The summed E-state index contributed by atoms with van der Waals surface area (Å²) in [4.78, 5) is 13.1. The van der Waals surface area contributed by atoms with E-state index in [1.165, 1.54) is 45.6 Å². The fourth-order valence-electron chi connectivity index (χ4n) is 3.94. The molecule has 0 fully saturated rings. The highest BCUT2D eigenvalue weighted by molar-refractivity contribution is 5.87. The van der Waals surface area contributed by atoms with Gasteiger partial charge >= 0.3 is 5.97 Å². The molecule has 0 heterocycles. The van der Waals surface area contributed by atoms with Gasteiger partial charge in [0, 0.05) is 0 Å². The Hall–Kier alpha value is -2.09. The standard InChI is InChI=1S/C25H34O2/c1-3-4-5-6-7-8-9-16-21-25(24(26)27-2,22-17-12-10-13-18-22)23-19-14-11-15-20-23/h10-15,17-20H,3-9,16,21H2,1-2H3. The number of carbonyl (C=O) groups is 1. The zero-order valence-corrected chi connectivity index (χ0v) is 17.0. The lowest BCUT2D eigenvalue weighted by molar-refractivity contribution is -0.146. The molecule has 0 aliphatic heterocycles. The predicted molar refractivity (Wildman–Crippen MR) is 113 cm³/mol. The Bertz CT molecular complexity index is 609. The molecule has 0 saturated carbocycles. The molecule has 0 atom stereocenters. The van der Waals surface area contributed by atoms with Crippen LogP contribution in [-0.4, -0.2) is 13.1 Å². The first-order valence-electron chi connectivity index (χ1n) is 10.4. The zero-order valence-electron chi connectivity index (χ0n) is 17.0. The molecule has 146 valence electrons. The number of unbranched alkanes of at least 4 members (excludes halogenated alkanes) is 7. The van der Waals surface area contributed by atoms with Gasteiger partial charge in [-0.15, -0.1) is 0 Å². The average molecular weight is 367 g/mol. The van der Waals surface area contributed by atoms with Crippen LogP contribution >= 0.6 is 0 Å². The topological polar surface area (TPSA) is 26.3 Å². The van der Waals surface area contributed by atoms with E-state index in [0.717, 1.165) is 30.4 Å². The summed E-state index contributed by atoms with van der Waals surface area (Å²) in [5, 5.41) is 0. The predicted octanol–water partition coefficient (Wildman–Crippen LogP) is 6.68. The summed E-state index contributed by atoms with van der Waals surface area (Å²) < 4.78 is 5.31. The van der Waals surface area contributed by atoms with E-state index in [-0.39, 0.29) is 5.97 Å². The van der Waals surface area contributed by atoms with Crippen molar-refractivity contribution in [3.63, 3.8) is 0 Å². The lowest BCUT2D eigenvalue weighted by Crippen LogP contribution is -2.38. The van der Waals surface area contributed by atoms with Crippen molar-refractivity contribution in [1.29, 1.82) is 0 Å². The van der Waals surface area contributed by atoms with E-state index in [2.05, 4.69) is 31.2 Å². The van der Waals surface area contributed by atoms with E-state index < -0.39 is 5.41 Å². The van der Waals surface area contributed by atoms with Gasteiger partial charge in [-0.05, 0) is 17.5 Å². The highest BCUT2D eigenvalue weighted by Crippen LogP contribution is 2.38. The van der Waals surface area contributed by atoms with E-state index in [0.29, 0.717) is 0 Å². The quantitative estimate of drug-likeness (QED) is 0.309. The molecule has 0 spiro atoms. The second kappa shape index (κ2) is 11.6. The molecule has 0 saturated heterocycles. The van der Waals surface area contributed by atoms with Crippen molar-refractivity contribution in [3.05, 3.63) is 71.8 Å². The maximum absolute atomic E-state index is 13.1. The third-order valence-electron chi connectivity index (χ3n) is 5.47. The van der Waals surface area contributed by atoms with Gasteiger partial charge in [-0.2, -0.15) is 0 Å². The second-order valence-corrected chi connectivity index (χ2v) is 7.35. The van der Waals surface area contributed by atoms with Gasteiger partial charge in [-0.25, -0.2) is 0 Å². The van der Waals surface area contributed by atoms with Gasteiger partial charge in [-0.1, -0.05) is 119 Å². The van der Waals surface area contributed by atoms with Crippen molar-refractivity contribution in [3.8, 4) is 0 Å². The number of ether oxygens (including phenoxy) is 1. The smallest absolute Gasteiger partial charge is 0.320 e. The minimum Gasteiger partial charge on any atom is -0.468 e. The Balaban J connectivity index is 2.14. The molecule has 0 amide bonds. The third-order valence-corrected chi connectivity index (χ3v) is 5.47. The monoisotopic (exact) mass is 366 g/mol. The highest BCUT2D eigenvalue weighted by atomic mass is 16.5.